The van der Waals surface area contributed by atoms with Gasteiger partial charge in [-0.05, 0) is 24.1 Å². The average Bonchev–Trinajstić information content (AvgIpc) is 3.07. The van der Waals surface area contributed by atoms with Gasteiger partial charge >= 0.3 is 11.8 Å². The van der Waals surface area contributed by atoms with Crippen molar-refractivity contribution in [2.75, 3.05) is 34.5 Å². The zero-order valence-electron chi connectivity index (χ0n) is 14.0. The van der Waals surface area contributed by atoms with Gasteiger partial charge in [0, 0.05) is 20.3 Å². The first-order chi connectivity index (χ1) is 11.7. The van der Waals surface area contributed by atoms with Crippen molar-refractivity contribution >= 4 is 5.91 Å². The number of benzene rings is 1. The van der Waals surface area contributed by atoms with E-state index in [-0.39, 0.29) is 5.89 Å². The van der Waals surface area contributed by atoms with E-state index >= 15 is 0 Å². The molecule has 0 spiro atoms. The van der Waals surface area contributed by atoms with Crippen LogP contribution < -0.4 is 14.8 Å². The summed E-state index contributed by atoms with van der Waals surface area (Å²) >= 11 is 0. The van der Waals surface area contributed by atoms with Crippen LogP contribution >= 0.6 is 0 Å². The van der Waals surface area contributed by atoms with Crippen molar-refractivity contribution < 1.29 is 23.4 Å². The van der Waals surface area contributed by atoms with Crippen LogP contribution in [0, 0.1) is 0 Å². The van der Waals surface area contributed by atoms with Crippen LogP contribution in [0.3, 0.4) is 0 Å². The molecule has 8 nitrogen and oxygen atoms in total. The molecule has 1 aromatic heterocycles. The lowest BCUT2D eigenvalue weighted by Gasteiger charge is -2.08. The van der Waals surface area contributed by atoms with Gasteiger partial charge in [0.2, 0.25) is 5.89 Å². The molecule has 0 radical (unpaired) electrons. The van der Waals surface area contributed by atoms with Crippen LogP contribution in [0.25, 0.3) is 0 Å². The minimum Gasteiger partial charge on any atom is -0.493 e. The zero-order valence-corrected chi connectivity index (χ0v) is 14.0. The molecule has 130 valence electrons. The second-order valence-corrected chi connectivity index (χ2v) is 4.97. The summed E-state index contributed by atoms with van der Waals surface area (Å²) in [4.78, 5) is 11.9. The van der Waals surface area contributed by atoms with Crippen LogP contribution in [0.5, 0.6) is 11.5 Å². The minimum atomic E-state index is -0.392. The Labute approximate surface area is 140 Å². The molecule has 0 saturated carbocycles. The van der Waals surface area contributed by atoms with E-state index in [1.807, 2.05) is 12.1 Å². The highest BCUT2D eigenvalue weighted by atomic mass is 16.5. The summed E-state index contributed by atoms with van der Waals surface area (Å²) in [5, 5.41) is 10.4. The zero-order chi connectivity index (χ0) is 17.4. The molecule has 0 aliphatic rings. The second kappa shape index (κ2) is 8.88. The quantitative estimate of drug-likeness (QED) is 0.693. The van der Waals surface area contributed by atoms with E-state index in [2.05, 4.69) is 15.5 Å². The van der Waals surface area contributed by atoms with E-state index < -0.39 is 5.91 Å². The number of rotatable bonds is 9. The summed E-state index contributed by atoms with van der Waals surface area (Å²) in [5.74, 6) is 1.16. The largest absolute Gasteiger partial charge is 0.493 e. The lowest BCUT2D eigenvalue weighted by atomic mass is 10.1. The molecule has 0 fully saturated rings. The Morgan fingerprint density at radius 3 is 2.67 bits per heavy atom. The summed E-state index contributed by atoms with van der Waals surface area (Å²) in [6, 6.07) is 5.50. The smallest absolute Gasteiger partial charge is 0.308 e. The van der Waals surface area contributed by atoms with E-state index in [0.29, 0.717) is 37.0 Å². The maximum atomic E-state index is 11.9. The Morgan fingerprint density at radius 2 is 1.96 bits per heavy atom. The number of aromatic nitrogens is 2. The molecule has 2 rings (SSSR count). The van der Waals surface area contributed by atoms with Gasteiger partial charge in [0.05, 0.1) is 20.6 Å². The molecule has 0 unspecified atom stereocenters. The van der Waals surface area contributed by atoms with Gasteiger partial charge in [0.1, 0.15) is 0 Å². The van der Waals surface area contributed by atoms with Crippen LogP contribution in [0.1, 0.15) is 28.6 Å². The molecule has 1 N–H and O–H groups in total. The van der Waals surface area contributed by atoms with E-state index in [4.69, 9.17) is 18.6 Å². The third kappa shape index (κ3) is 4.69. The van der Waals surface area contributed by atoms with E-state index in [0.717, 1.165) is 12.0 Å². The summed E-state index contributed by atoms with van der Waals surface area (Å²) < 4.78 is 20.8. The normalized spacial score (nSPS) is 10.5. The molecule has 24 heavy (non-hydrogen) atoms. The number of carbonyl (C=O) groups excluding carboxylic acids is 1. The van der Waals surface area contributed by atoms with E-state index in [1.165, 1.54) is 0 Å². The Morgan fingerprint density at radius 1 is 1.17 bits per heavy atom. The van der Waals surface area contributed by atoms with Crippen molar-refractivity contribution in [3.8, 4) is 11.5 Å². The van der Waals surface area contributed by atoms with Gasteiger partial charge in [-0.15, -0.1) is 10.2 Å². The highest BCUT2D eigenvalue weighted by Gasteiger charge is 2.15. The molecule has 1 amide bonds. The third-order valence-corrected chi connectivity index (χ3v) is 3.28. The Balaban J connectivity index is 1.97. The number of hydrogen-bond donors (Lipinski definition) is 1. The van der Waals surface area contributed by atoms with Crippen LogP contribution in [-0.2, 0) is 11.2 Å². The lowest BCUT2D eigenvalue weighted by Crippen LogP contribution is -2.25. The molecule has 0 atom stereocenters. The van der Waals surface area contributed by atoms with Crippen molar-refractivity contribution in [1.82, 2.24) is 15.5 Å². The van der Waals surface area contributed by atoms with Crippen molar-refractivity contribution in [1.29, 1.82) is 0 Å². The second-order valence-electron chi connectivity index (χ2n) is 4.97. The predicted molar refractivity (Wildman–Crippen MR) is 85.5 cm³/mol. The average molecular weight is 335 g/mol. The lowest BCUT2D eigenvalue weighted by molar-refractivity contribution is 0.0912. The molecular weight excluding hydrogens is 314 g/mol. The topological polar surface area (TPSA) is 95.7 Å². The van der Waals surface area contributed by atoms with Gasteiger partial charge in [0.25, 0.3) is 0 Å². The molecule has 0 bridgehead atoms. The summed E-state index contributed by atoms with van der Waals surface area (Å²) in [7, 11) is 4.76. The van der Waals surface area contributed by atoms with Gasteiger partial charge < -0.3 is 23.9 Å². The number of ether oxygens (including phenoxy) is 3. The number of carbonyl (C=O) groups is 1. The summed E-state index contributed by atoms with van der Waals surface area (Å²) in [6.07, 6.45) is 1.11. The van der Waals surface area contributed by atoms with Crippen molar-refractivity contribution in [3.63, 3.8) is 0 Å². The Hall–Kier alpha value is -2.61. The molecule has 1 heterocycles. The summed E-state index contributed by atoms with van der Waals surface area (Å²) in [5.41, 5.74) is 0.906. The molecular formula is C16H21N3O5. The number of nitrogens with one attached hydrogen (secondary N) is 1. The molecule has 0 aliphatic heterocycles. The molecule has 8 heteroatoms. The van der Waals surface area contributed by atoms with Crippen LogP contribution in [0.2, 0.25) is 0 Å². The van der Waals surface area contributed by atoms with E-state index in [1.54, 1.807) is 27.4 Å². The third-order valence-electron chi connectivity index (χ3n) is 3.28. The van der Waals surface area contributed by atoms with Gasteiger partial charge in [-0.1, -0.05) is 6.07 Å². The monoisotopic (exact) mass is 335 g/mol. The minimum absolute atomic E-state index is 0.0529. The fraction of sp³-hybridized carbons (Fsp3) is 0.438. The number of methoxy groups -OCH3 is 3. The standard InChI is InChI=1S/C16H21N3O5/c1-21-8-4-7-17-15(20)16-19-18-14(24-16)10-11-5-6-12(22-2)13(9-11)23-3/h5-6,9H,4,7-8,10H2,1-3H3,(H,17,20). The van der Waals surface area contributed by atoms with Crippen LogP contribution in [0.15, 0.2) is 22.6 Å². The number of hydrogen-bond acceptors (Lipinski definition) is 7. The first-order valence-corrected chi connectivity index (χ1v) is 7.48. The Kier molecular flexibility index (Phi) is 6.56. The highest BCUT2D eigenvalue weighted by Crippen LogP contribution is 2.28. The molecule has 0 saturated heterocycles. The maximum Gasteiger partial charge on any atom is 0.308 e. The fourth-order valence-corrected chi connectivity index (χ4v) is 2.08. The van der Waals surface area contributed by atoms with Crippen molar-refractivity contribution in [3.05, 3.63) is 35.5 Å². The van der Waals surface area contributed by atoms with Crippen LogP contribution in [0.4, 0.5) is 0 Å². The van der Waals surface area contributed by atoms with Gasteiger partial charge in [0.15, 0.2) is 11.5 Å². The van der Waals surface area contributed by atoms with Gasteiger partial charge in [-0.2, -0.15) is 0 Å². The molecule has 0 aliphatic carbocycles. The predicted octanol–water partition coefficient (Wildman–Crippen LogP) is 1.44. The van der Waals surface area contributed by atoms with Crippen molar-refractivity contribution in [2.24, 2.45) is 0 Å². The van der Waals surface area contributed by atoms with Crippen molar-refractivity contribution in [2.45, 2.75) is 12.8 Å². The van der Waals surface area contributed by atoms with Crippen LogP contribution in [-0.4, -0.2) is 50.6 Å². The first kappa shape index (κ1) is 17.7. The maximum absolute atomic E-state index is 11.9. The molecule has 1 aromatic carbocycles. The first-order valence-electron chi connectivity index (χ1n) is 7.48. The SMILES string of the molecule is COCCCNC(=O)c1nnc(Cc2ccc(OC)c(OC)c2)o1. The summed E-state index contributed by atoms with van der Waals surface area (Å²) in [6.45, 7) is 1.06. The van der Waals surface area contributed by atoms with Gasteiger partial charge in [-0.25, -0.2) is 0 Å². The number of amides is 1. The highest BCUT2D eigenvalue weighted by molar-refractivity contribution is 5.89. The molecule has 2 aromatic rings. The van der Waals surface area contributed by atoms with E-state index in [9.17, 15) is 4.79 Å². The van der Waals surface area contributed by atoms with Gasteiger partial charge in [-0.3, -0.25) is 4.79 Å². The number of nitrogens with zero attached hydrogens (tertiary/aromatic N) is 2. The Bertz CT molecular complexity index is 671. The fourth-order valence-electron chi connectivity index (χ4n) is 2.08.